The highest BCUT2D eigenvalue weighted by molar-refractivity contribution is 7.89. The lowest BCUT2D eigenvalue weighted by Crippen LogP contribution is -2.34. The summed E-state index contributed by atoms with van der Waals surface area (Å²) in [5, 5.41) is 17.7. The number of carbonyl (C=O) groups is 1. The maximum atomic E-state index is 11.8. The SMILES string of the molecule is CC(C)NC(=O)Nc1ccc(-c2nc(CS(C)(=O)=O)cc(N[C@@H](C)CO)n2)cc1. The lowest BCUT2D eigenvalue weighted by Gasteiger charge is -2.14. The molecule has 2 rings (SSSR count). The highest BCUT2D eigenvalue weighted by Crippen LogP contribution is 2.21. The van der Waals surface area contributed by atoms with Crippen LogP contribution in [0.3, 0.4) is 0 Å². The highest BCUT2D eigenvalue weighted by Gasteiger charge is 2.13. The van der Waals surface area contributed by atoms with Gasteiger partial charge in [-0.25, -0.2) is 23.2 Å². The number of amides is 2. The van der Waals surface area contributed by atoms with Gasteiger partial charge in [-0.05, 0) is 45.0 Å². The van der Waals surface area contributed by atoms with Crippen LogP contribution in [-0.4, -0.2) is 54.5 Å². The van der Waals surface area contributed by atoms with Crippen molar-refractivity contribution in [2.24, 2.45) is 0 Å². The summed E-state index contributed by atoms with van der Waals surface area (Å²) in [5.74, 6) is 0.547. The van der Waals surface area contributed by atoms with Crippen LogP contribution in [0.4, 0.5) is 16.3 Å². The number of carbonyl (C=O) groups excluding carboxylic acids is 1. The molecular formula is C19H27N5O4S. The number of anilines is 2. The van der Waals surface area contributed by atoms with Gasteiger partial charge in [-0.3, -0.25) is 0 Å². The quantitative estimate of drug-likeness (QED) is 0.512. The molecule has 0 spiro atoms. The van der Waals surface area contributed by atoms with E-state index in [0.29, 0.717) is 28.6 Å². The first-order valence-corrected chi connectivity index (χ1v) is 11.2. The van der Waals surface area contributed by atoms with Gasteiger partial charge in [0.25, 0.3) is 0 Å². The number of rotatable bonds is 8. The molecule has 0 saturated heterocycles. The predicted molar refractivity (Wildman–Crippen MR) is 113 cm³/mol. The predicted octanol–water partition coefficient (Wildman–Crippen LogP) is 2.01. The van der Waals surface area contributed by atoms with E-state index in [9.17, 15) is 18.3 Å². The Morgan fingerprint density at radius 1 is 1.14 bits per heavy atom. The molecule has 0 radical (unpaired) electrons. The zero-order valence-corrected chi connectivity index (χ0v) is 17.7. The molecule has 0 aliphatic heterocycles. The minimum atomic E-state index is -3.28. The Labute approximate surface area is 170 Å². The molecule has 1 atom stereocenters. The molecule has 2 amide bonds. The number of aliphatic hydroxyl groups excluding tert-OH is 1. The van der Waals surface area contributed by atoms with Crippen LogP contribution >= 0.6 is 0 Å². The molecule has 0 unspecified atom stereocenters. The first-order chi connectivity index (χ1) is 13.6. The van der Waals surface area contributed by atoms with Crippen molar-refractivity contribution < 1.29 is 18.3 Å². The first kappa shape index (κ1) is 22.6. The van der Waals surface area contributed by atoms with Gasteiger partial charge >= 0.3 is 6.03 Å². The Morgan fingerprint density at radius 3 is 2.34 bits per heavy atom. The van der Waals surface area contributed by atoms with Gasteiger partial charge in [0.15, 0.2) is 15.7 Å². The zero-order chi connectivity index (χ0) is 21.6. The number of sulfone groups is 1. The number of nitrogens with zero attached hydrogens (tertiary/aromatic N) is 2. The van der Waals surface area contributed by atoms with Crippen molar-refractivity contribution in [3.63, 3.8) is 0 Å². The largest absolute Gasteiger partial charge is 0.394 e. The fourth-order valence-electron chi connectivity index (χ4n) is 2.47. The van der Waals surface area contributed by atoms with Crippen LogP contribution in [0.5, 0.6) is 0 Å². The van der Waals surface area contributed by atoms with Crippen molar-refractivity contribution in [1.82, 2.24) is 15.3 Å². The number of nitrogens with one attached hydrogen (secondary N) is 3. The molecule has 158 valence electrons. The van der Waals surface area contributed by atoms with Gasteiger partial charge in [0.05, 0.1) is 18.1 Å². The van der Waals surface area contributed by atoms with Crippen molar-refractivity contribution in [2.75, 3.05) is 23.5 Å². The van der Waals surface area contributed by atoms with Crippen LogP contribution in [0.1, 0.15) is 26.5 Å². The third-order valence-electron chi connectivity index (χ3n) is 3.68. The van der Waals surface area contributed by atoms with Crippen LogP contribution in [0.25, 0.3) is 11.4 Å². The fourth-order valence-corrected chi connectivity index (χ4v) is 3.16. The lowest BCUT2D eigenvalue weighted by atomic mass is 10.2. The van der Waals surface area contributed by atoms with E-state index in [1.807, 2.05) is 13.8 Å². The molecule has 1 aromatic carbocycles. The number of hydrogen-bond acceptors (Lipinski definition) is 7. The summed E-state index contributed by atoms with van der Waals surface area (Å²) in [5.41, 5.74) is 1.62. The standard InChI is InChI=1S/C19H27N5O4S/c1-12(2)20-19(26)23-15-7-5-14(6-8-15)18-22-16(11-29(4,27)28)9-17(24-18)21-13(3)10-25/h5-9,12-13,25H,10-11H2,1-4H3,(H2,20,23,26)(H,21,22,24)/t13-/m0/s1. The molecule has 2 aromatic rings. The van der Waals surface area contributed by atoms with Gasteiger partial charge in [0, 0.05) is 35.7 Å². The summed E-state index contributed by atoms with van der Waals surface area (Å²) in [7, 11) is -3.28. The third kappa shape index (κ3) is 7.66. The van der Waals surface area contributed by atoms with Gasteiger partial charge in [-0.2, -0.15) is 0 Å². The number of benzene rings is 1. The highest BCUT2D eigenvalue weighted by atomic mass is 32.2. The Kier molecular flexibility index (Phi) is 7.52. The van der Waals surface area contributed by atoms with Gasteiger partial charge < -0.3 is 21.1 Å². The molecule has 1 heterocycles. The van der Waals surface area contributed by atoms with Crippen LogP contribution in [0.15, 0.2) is 30.3 Å². The molecule has 0 aliphatic carbocycles. The second kappa shape index (κ2) is 9.66. The third-order valence-corrected chi connectivity index (χ3v) is 4.50. The Balaban J connectivity index is 2.30. The minimum absolute atomic E-state index is 0.0208. The van der Waals surface area contributed by atoms with E-state index in [1.165, 1.54) is 0 Å². The fraction of sp³-hybridized carbons (Fsp3) is 0.421. The average molecular weight is 422 g/mol. The normalized spacial score (nSPS) is 12.5. The van der Waals surface area contributed by atoms with E-state index in [0.717, 1.165) is 6.26 Å². The van der Waals surface area contributed by atoms with Crippen molar-refractivity contribution in [2.45, 2.75) is 38.6 Å². The van der Waals surface area contributed by atoms with Crippen LogP contribution in [-0.2, 0) is 15.6 Å². The molecule has 29 heavy (non-hydrogen) atoms. The van der Waals surface area contributed by atoms with Gasteiger partial charge in [0.2, 0.25) is 0 Å². The second-order valence-electron chi connectivity index (χ2n) is 7.20. The number of aromatic nitrogens is 2. The van der Waals surface area contributed by atoms with Crippen molar-refractivity contribution in [1.29, 1.82) is 0 Å². The van der Waals surface area contributed by atoms with E-state index in [-0.39, 0.29) is 30.5 Å². The monoisotopic (exact) mass is 421 g/mol. The maximum absolute atomic E-state index is 11.8. The van der Waals surface area contributed by atoms with Crippen molar-refractivity contribution in [3.05, 3.63) is 36.0 Å². The molecule has 10 heteroatoms. The molecule has 0 bridgehead atoms. The van der Waals surface area contributed by atoms with Crippen LogP contribution in [0.2, 0.25) is 0 Å². The number of urea groups is 1. The zero-order valence-electron chi connectivity index (χ0n) is 16.9. The minimum Gasteiger partial charge on any atom is -0.394 e. The summed E-state index contributed by atoms with van der Waals surface area (Å²) in [6, 6.07) is 7.93. The molecule has 9 nitrogen and oxygen atoms in total. The summed E-state index contributed by atoms with van der Waals surface area (Å²) in [4.78, 5) is 20.6. The summed E-state index contributed by atoms with van der Waals surface area (Å²) < 4.78 is 23.4. The number of aliphatic hydroxyl groups is 1. The van der Waals surface area contributed by atoms with E-state index >= 15 is 0 Å². The molecule has 0 saturated carbocycles. The van der Waals surface area contributed by atoms with Crippen LogP contribution < -0.4 is 16.0 Å². The van der Waals surface area contributed by atoms with Gasteiger partial charge in [-0.1, -0.05) is 0 Å². The average Bonchev–Trinajstić information content (AvgIpc) is 2.59. The lowest BCUT2D eigenvalue weighted by molar-refractivity contribution is 0.250. The van der Waals surface area contributed by atoms with Crippen LogP contribution in [0, 0.1) is 0 Å². The molecule has 4 N–H and O–H groups in total. The molecule has 0 fully saturated rings. The van der Waals surface area contributed by atoms with Gasteiger partial charge in [0.1, 0.15) is 5.82 Å². The Morgan fingerprint density at radius 2 is 1.79 bits per heavy atom. The van der Waals surface area contributed by atoms with Gasteiger partial charge in [-0.15, -0.1) is 0 Å². The molecule has 0 aliphatic rings. The number of hydrogen-bond donors (Lipinski definition) is 4. The van der Waals surface area contributed by atoms with E-state index in [4.69, 9.17) is 0 Å². The van der Waals surface area contributed by atoms with Crippen molar-refractivity contribution in [3.8, 4) is 11.4 Å². The summed E-state index contributed by atoms with van der Waals surface area (Å²) >= 11 is 0. The maximum Gasteiger partial charge on any atom is 0.319 e. The van der Waals surface area contributed by atoms with Crippen molar-refractivity contribution >= 4 is 27.4 Å². The first-order valence-electron chi connectivity index (χ1n) is 9.16. The Hall–Kier alpha value is -2.72. The summed E-state index contributed by atoms with van der Waals surface area (Å²) in [6.07, 6.45) is 1.14. The molecular weight excluding hydrogens is 394 g/mol. The smallest absolute Gasteiger partial charge is 0.319 e. The molecule has 1 aromatic heterocycles. The van der Waals surface area contributed by atoms with E-state index < -0.39 is 9.84 Å². The Bertz CT molecular complexity index is 946. The second-order valence-corrected chi connectivity index (χ2v) is 9.34. The van der Waals surface area contributed by atoms with E-state index in [1.54, 1.807) is 37.3 Å². The van der Waals surface area contributed by atoms with E-state index in [2.05, 4.69) is 25.9 Å². The summed E-state index contributed by atoms with van der Waals surface area (Å²) in [6.45, 7) is 5.42. The topological polar surface area (TPSA) is 133 Å².